The second-order valence-electron chi connectivity index (χ2n) is 4.30. The van der Waals surface area contributed by atoms with Gasteiger partial charge in [0.25, 0.3) is 0 Å². The van der Waals surface area contributed by atoms with Crippen LogP contribution in [-0.4, -0.2) is 32.3 Å². The molecule has 1 amide bonds. The number of nitrogens with one attached hydrogen (secondary N) is 2. The summed E-state index contributed by atoms with van der Waals surface area (Å²) in [6, 6.07) is 2.92. The first-order valence-electron chi connectivity index (χ1n) is 6.25. The van der Waals surface area contributed by atoms with Gasteiger partial charge in [0.15, 0.2) is 6.61 Å². The molecule has 0 atom stereocenters. The molecule has 0 radical (unpaired) electrons. The molecule has 4 nitrogen and oxygen atoms in total. The average molecular weight is 345 g/mol. The van der Waals surface area contributed by atoms with E-state index in [1.54, 1.807) is 7.05 Å². The fraction of sp³-hybridized carbons (Fsp3) is 0.462. The Morgan fingerprint density at radius 3 is 2.59 bits per heavy atom. The number of hydrogen-bond donors (Lipinski definition) is 2. The number of benzene rings is 1. The Kier molecular flexibility index (Phi) is 8.81. The number of hydrogen-bond acceptors (Lipinski definition) is 3. The largest absolute Gasteiger partial charge is 0.482 e. The summed E-state index contributed by atoms with van der Waals surface area (Å²) in [5.41, 5.74) is -0.117. The van der Waals surface area contributed by atoms with Crippen LogP contribution in [0.5, 0.6) is 5.75 Å². The van der Waals surface area contributed by atoms with Gasteiger partial charge in [0, 0.05) is 12.5 Å². The van der Waals surface area contributed by atoms with Gasteiger partial charge in [-0.05, 0) is 32.1 Å². The molecule has 0 aliphatic rings. The van der Waals surface area contributed by atoms with E-state index in [1.807, 2.05) is 0 Å². The maximum atomic E-state index is 13.1. The van der Waals surface area contributed by atoms with Gasteiger partial charge in [-0.2, -0.15) is 13.2 Å². The highest BCUT2D eigenvalue weighted by atomic mass is 35.5. The van der Waals surface area contributed by atoms with E-state index in [2.05, 4.69) is 15.4 Å². The van der Waals surface area contributed by atoms with Crippen molar-refractivity contribution in [3.05, 3.63) is 24.0 Å². The van der Waals surface area contributed by atoms with E-state index in [4.69, 9.17) is 0 Å². The van der Waals surface area contributed by atoms with E-state index in [0.717, 1.165) is 18.2 Å². The number of ether oxygens (including phenoxy) is 1. The van der Waals surface area contributed by atoms with E-state index in [0.29, 0.717) is 13.0 Å². The van der Waals surface area contributed by atoms with Gasteiger partial charge in [-0.1, -0.05) is 0 Å². The van der Waals surface area contributed by atoms with Crippen LogP contribution in [0.4, 0.5) is 23.2 Å². The van der Waals surface area contributed by atoms with Gasteiger partial charge in [-0.25, -0.2) is 4.39 Å². The Balaban J connectivity index is 0.00000441. The molecule has 0 bridgehead atoms. The topological polar surface area (TPSA) is 50.4 Å². The first-order chi connectivity index (χ1) is 9.81. The van der Waals surface area contributed by atoms with E-state index in [-0.39, 0.29) is 30.3 Å². The Bertz CT molecular complexity index is 484. The number of amides is 1. The van der Waals surface area contributed by atoms with Crippen LogP contribution in [0, 0.1) is 5.82 Å². The van der Waals surface area contributed by atoms with Crippen molar-refractivity contribution in [2.45, 2.75) is 19.0 Å². The Morgan fingerprint density at radius 1 is 1.32 bits per heavy atom. The standard InChI is InChI=1S/C13H16F4N2O2.ClH/c1-18-6-2-3-12(20)19-10-7-9(14)4-5-11(10)21-8-13(15,16)17;/h4-5,7,18H,2-3,6,8H2,1H3,(H,19,20);1H. The molecule has 126 valence electrons. The van der Waals surface area contributed by atoms with Crippen molar-refractivity contribution in [3.8, 4) is 5.75 Å². The zero-order chi connectivity index (χ0) is 15.9. The van der Waals surface area contributed by atoms with Gasteiger partial charge in [0.1, 0.15) is 11.6 Å². The normalized spacial score (nSPS) is 10.8. The SMILES string of the molecule is CNCCCC(=O)Nc1cc(F)ccc1OCC(F)(F)F.Cl. The highest BCUT2D eigenvalue weighted by Crippen LogP contribution is 2.27. The van der Waals surface area contributed by atoms with Gasteiger partial charge in [-0.3, -0.25) is 4.79 Å². The zero-order valence-corrected chi connectivity index (χ0v) is 12.6. The number of alkyl halides is 3. The molecule has 0 unspecified atom stereocenters. The van der Waals surface area contributed by atoms with Crippen LogP contribution in [-0.2, 0) is 4.79 Å². The van der Waals surface area contributed by atoms with Crippen LogP contribution in [0.25, 0.3) is 0 Å². The Morgan fingerprint density at radius 2 is 2.00 bits per heavy atom. The molecule has 1 aromatic carbocycles. The van der Waals surface area contributed by atoms with Crippen molar-refractivity contribution in [1.82, 2.24) is 5.32 Å². The third-order valence-electron chi connectivity index (χ3n) is 2.44. The third kappa shape index (κ3) is 8.04. The van der Waals surface area contributed by atoms with Gasteiger partial charge in [0.2, 0.25) is 5.91 Å². The van der Waals surface area contributed by atoms with Gasteiger partial charge in [-0.15, -0.1) is 12.4 Å². The molecule has 0 aliphatic heterocycles. The summed E-state index contributed by atoms with van der Waals surface area (Å²) in [5, 5.41) is 5.20. The highest BCUT2D eigenvalue weighted by molar-refractivity contribution is 5.92. The van der Waals surface area contributed by atoms with Crippen LogP contribution in [0.2, 0.25) is 0 Å². The molecular weight excluding hydrogens is 328 g/mol. The molecule has 22 heavy (non-hydrogen) atoms. The molecular formula is C13H17ClF4N2O2. The van der Waals surface area contributed by atoms with E-state index < -0.39 is 24.5 Å². The number of carbonyl (C=O) groups is 1. The summed E-state index contributed by atoms with van der Waals surface area (Å²) in [6.45, 7) is -0.894. The summed E-state index contributed by atoms with van der Waals surface area (Å²) < 4.78 is 54.1. The maximum Gasteiger partial charge on any atom is 0.422 e. The fourth-order valence-electron chi connectivity index (χ4n) is 1.52. The minimum Gasteiger partial charge on any atom is -0.482 e. The van der Waals surface area contributed by atoms with Gasteiger partial charge >= 0.3 is 6.18 Å². The molecule has 0 spiro atoms. The van der Waals surface area contributed by atoms with Gasteiger partial charge in [0.05, 0.1) is 5.69 Å². The molecule has 0 aliphatic carbocycles. The first kappa shape index (κ1) is 20.5. The van der Waals surface area contributed by atoms with Crippen molar-refractivity contribution < 1.29 is 27.1 Å². The van der Waals surface area contributed by atoms with Crippen molar-refractivity contribution in [2.75, 3.05) is 25.5 Å². The first-order valence-corrected chi connectivity index (χ1v) is 6.25. The second-order valence-corrected chi connectivity index (χ2v) is 4.30. The zero-order valence-electron chi connectivity index (χ0n) is 11.8. The van der Waals surface area contributed by atoms with E-state index in [9.17, 15) is 22.4 Å². The lowest BCUT2D eigenvalue weighted by atomic mass is 10.2. The summed E-state index contributed by atoms with van der Waals surface area (Å²) in [7, 11) is 1.73. The van der Waals surface area contributed by atoms with Crippen molar-refractivity contribution in [2.24, 2.45) is 0 Å². The molecule has 1 rings (SSSR count). The van der Waals surface area contributed by atoms with Crippen LogP contribution in [0.1, 0.15) is 12.8 Å². The Hall–Kier alpha value is -1.54. The summed E-state index contributed by atoms with van der Waals surface area (Å²) in [5.74, 6) is -1.33. The van der Waals surface area contributed by atoms with E-state index >= 15 is 0 Å². The highest BCUT2D eigenvalue weighted by Gasteiger charge is 2.29. The van der Waals surface area contributed by atoms with Crippen molar-refractivity contribution in [1.29, 1.82) is 0 Å². The molecule has 0 saturated carbocycles. The van der Waals surface area contributed by atoms with E-state index in [1.165, 1.54) is 0 Å². The number of anilines is 1. The fourth-order valence-corrected chi connectivity index (χ4v) is 1.52. The van der Waals surface area contributed by atoms with Crippen LogP contribution >= 0.6 is 12.4 Å². The molecule has 2 N–H and O–H groups in total. The number of carbonyl (C=O) groups excluding carboxylic acids is 1. The monoisotopic (exact) mass is 344 g/mol. The smallest absolute Gasteiger partial charge is 0.422 e. The average Bonchev–Trinajstić information content (AvgIpc) is 2.37. The molecule has 0 fully saturated rings. The Labute approximate surface area is 131 Å². The van der Waals surface area contributed by atoms with Crippen LogP contribution in [0.3, 0.4) is 0 Å². The predicted molar refractivity (Wildman–Crippen MR) is 77.0 cm³/mol. The third-order valence-corrected chi connectivity index (χ3v) is 2.44. The predicted octanol–water partition coefficient (Wildman–Crippen LogP) is 3.13. The lowest BCUT2D eigenvalue weighted by Crippen LogP contribution is -2.20. The van der Waals surface area contributed by atoms with Crippen molar-refractivity contribution in [3.63, 3.8) is 0 Å². The van der Waals surface area contributed by atoms with Crippen LogP contribution in [0.15, 0.2) is 18.2 Å². The maximum absolute atomic E-state index is 13.1. The minimum absolute atomic E-state index is 0. The molecule has 0 aromatic heterocycles. The summed E-state index contributed by atoms with van der Waals surface area (Å²) >= 11 is 0. The van der Waals surface area contributed by atoms with Gasteiger partial charge < -0.3 is 15.4 Å². The summed E-state index contributed by atoms with van der Waals surface area (Å²) in [4.78, 5) is 11.6. The second kappa shape index (κ2) is 9.47. The van der Waals surface area contributed by atoms with Crippen LogP contribution < -0.4 is 15.4 Å². The lowest BCUT2D eigenvalue weighted by Gasteiger charge is -2.14. The minimum atomic E-state index is -4.51. The molecule has 1 aromatic rings. The number of halogens is 5. The lowest BCUT2D eigenvalue weighted by molar-refractivity contribution is -0.153. The molecule has 0 saturated heterocycles. The van der Waals surface area contributed by atoms with Crippen molar-refractivity contribution >= 4 is 24.0 Å². The number of rotatable bonds is 7. The quantitative estimate of drug-likeness (QED) is 0.590. The molecule has 9 heteroatoms. The summed E-state index contributed by atoms with van der Waals surface area (Å²) in [6.07, 6.45) is -3.80. The molecule has 0 heterocycles.